The maximum atomic E-state index is 5.97. The van der Waals surface area contributed by atoms with Crippen LogP contribution in [0.15, 0.2) is 28.7 Å². The molecule has 2 aromatic rings. The summed E-state index contributed by atoms with van der Waals surface area (Å²) in [4.78, 5) is 0. The van der Waals surface area contributed by atoms with Crippen molar-refractivity contribution in [1.29, 1.82) is 0 Å². The van der Waals surface area contributed by atoms with Crippen molar-refractivity contribution in [1.82, 2.24) is 5.32 Å². The van der Waals surface area contributed by atoms with Crippen LogP contribution in [-0.2, 0) is 13.0 Å². The van der Waals surface area contributed by atoms with E-state index in [0.717, 1.165) is 30.2 Å². The molecule has 3 rings (SSSR count). The van der Waals surface area contributed by atoms with Gasteiger partial charge in [-0.1, -0.05) is 38.0 Å². The summed E-state index contributed by atoms with van der Waals surface area (Å²) in [6.07, 6.45) is 6.56. The Bertz CT molecular complexity index is 566. The first kappa shape index (κ1) is 13.7. The van der Waals surface area contributed by atoms with Crippen molar-refractivity contribution in [2.75, 3.05) is 0 Å². The summed E-state index contributed by atoms with van der Waals surface area (Å²) < 4.78 is 5.97. The maximum Gasteiger partial charge on any atom is 0.134 e. The highest BCUT2D eigenvalue weighted by molar-refractivity contribution is 5.82. The van der Waals surface area contributed by atoms with E-state index in [0.29, 0.717) is 6.04 Å². The Labute approximate surface area is 121 Å². The zero-order valence-electron chi connectivity index (χ0n) is 12.6. The number of fused-ring (bicyclic) bond motifs is 1. The predicted octanol–water partition coefficient (Wildman–Crippen LogP) is 4.66. The number of rotatable bonds is 5. The summed E-state index contributed by atoms with van der Waals surface area (Å²) in [5.41, 5.74) is 2.38. The first-order valence-corrected chi connectivity index (χ1v) is 8.02. The Morgan fingerprint density at radius 2 is 2.00 bits per heavy atom. The first-order valence-electron chi connectivity index (χ1n) is 8.02. The van der Waals surface area contributed by atoms with Crippen LogP contribution in [0.5, 0.6) is 0 Å². The van der Waals surface area contributed by atoms with Gasteiger partial charge in [0.15, 0.2) is 0 Å². The normalized spacial score (nSPS) is 17.9. The van der Waals surface area contributed by atoms with Crippen LogP contribution in [0.25, 0.3) is 11.0 Å². The van der Waals surface area contributed by atoms with Gasteiger partial charge in [0.2, 0.25) is 0 Å². The van der Waals surface area contributed by atoms with E-state index < -0.39 is 0 Å². The molecule has 0 spiro atoms. The molecule has 1 fully saturated rings. The largest absolute Gasteiger partial charge is 0.461 e. The topological polar surface area (TPSA) is 25.2 Å². The summed E-state index contributed by atoms with van der Waals surface area (Å²) >= 11 is 0. The van der Waals surface area contributed by atoms with Crippen LogP contribution < -0.4 is 5.32 Å². The summed E-state index contributed by atoms with van der Waals surface area (Å²) in [5.74, 6) is 2.00. The van der Waals surface area contributed by atoms with E-state index >= 15 is 0 Å². The third kappa shape index (κ3) is 2.62. The number of aryl methyl sites for hydroxylation is 1. The van der Waals surface area contributed by atoms with E-state index in [1.54, 1.807) is 0 Å². The number of para-hydroxylation sites is 1. The highest BCUT2D eigenvalue weighted by Gasteiger charge is 2.22. The van der Waals surface area contributed by atoms with Crippen LogP contribution >= 0.6 is 0 Å². The molecule has 0 radical (unpaired) electrons. The van der Waals surface area contributed by atoms with E-state index in [9.17, 15) is 0 Å². The minimum Gasteiger partial charge on any atom is -0.461 e. The summed E-state index contributed by atoms with van der Waals surface area (Å²) in [6.45, 7) is 5.43. The van der Waals surface area contributed by atoms with Crippen LogP contribution in [0.2, 0.25) is 0 Å². The molecule has 0 bridgehead atoms. The molecule has 0 unspecified atom stereocenters. The monoisotopic (exact) mass is 271 g/mol. The summed E-state index contributed by atoms with van der Waals surface area (Å²) in [6, 6.07) is 8.99. The van der Waals surface area contributed by atoms with Gasteiger partial charge < -0.3 is 9.73 Å². The van der Waals surface area contributed by atoms with Gasteiger partial charge in [0, 0.05) is 30.0 Å². The van der Waals surface area contributed by atoms with Crippen LogP contribution in [0.4, 0.5) is 0 Å². The molecule has 1 N–H and O–H groups in total. The van der Waals surface area contributed by atoms with Crippen LogP contribution in [-0.4, -0.2) is 6.04 Å². The summed E-state index contributed by atoms with van der Waals surface area (Å²) in [5, 5.41) is 5.01. The summed E-state index contributed by atoms with van der Waals surface area (Å²) in [7, 11) is 0. The first-order chi connectivity index (χ1) is 9.79. The van der Waals surface area contributed by atoms with Gasteiger partial charge in [0.05, 0.1) is 0 Å². The molecule has 108 valence electrons. The Balaban J connectivity index is 1.76. The van der Waals surface area contributed by atoms with Crippen molar-refractivity contribution >= 4 is 11.0 Å². The minimum atomic E-state index is 0.607. The third-order valence-electron chi connectivity index (χ3n) is 4.81. The number of benzene rings is 1. The fraction of sp³-hybridized carbons (Fsp3) is 0.556. The molecule has 1 aliphatic rings. The lowest BCUT2D eigenvalue weighted by Crippen LogP contribution is -2.31. The van der Waals surface area contributed by atoms with E-state index in [1.807, 2.05) is 6.07 Å². The second-order valence-electron chi connectivity index (χ2n) is 6.07. The van der Waals surface area contributed by atoms with Gasteiger partial charge in [-0.3, -0.25) is 0 Å². The molecule has 2 nitrogen and oxygen atoms in total. The minimum absolute atomic E-state index is 0.607. The van der Waals surface area contributed by atoms with E-state index in [4.69, 9.17) is 4.42 Å². The third-order valence-corrected chi connectivity index (χ3v) is 4.81. The lowest BCUT2D eigenvalue weighted by Gasteiger charge is -2.20. The van der Waals surface area contributed by atoms with Crippen molar-refractivity contribution in [3.8, 4) is 0 Å². The second-order valence-corrected chi connectivity index (χ2v) is 6.07. The average Bonchev–Trinajstić information content (AvgIpc) is 3.12. The van der Waals surface area contributed by atoms with Gasteiger partial charge in [-0.25, -0.2) is 0 Å². The Hall–Kier alpha value is -1.28. The molecule has 0 saturated heterocycles. The SMILES string of the molecule is CCc1oc2ccccc2c1CN[C@@H](C)C1CCCC1. The fourth-order valence-corrected chi connectivity index (χ4v) is 3.52. The second kappa shape index (κ2) is 6.01. The van der Waals surface area contributed by atoms with Crippen LogP contribution in [0.3, 0.4) is 0 Å². The molecule has 1 atom stereocenters. The smallest absolute Gasteiger partial charge is 0.134 e. The highest BCUT2D eigenvalue weighted by atomic mass is 16.3. The number of furan rings is 1. The van der Waals surface area contributed by atoms with Gasteiger partial charge >= 0.3 is 0 Å². The Morgan fingerprint density at radius 1 is 1.25 bits per heavy atom. The number of hydrogen-bond acceptors (Lipinski definition) is 2. The lowest BCUT2D eigenvalue weighted by molar-refractivity contribution is 0.379. The molecule has 1 aliphatic carbocycles. The standard InChI is InChI=1S/C18H25NO/c1-3-17-16(15-10-6-7-11-18(15)20-17)12-19-13(2)14-8-4-5-9-14/h6-7,10-11,13-14,19H,3-5,8-9,12H2,1-2H3/t13-/m0/s1. The van der Waals surface area contributed by atoms with E-state index in [2.05, 4.69) is 37.4 Å². The van der Waals surface area contributed by atoms with Gasteiger partial charge in [0.1, 0.15) is 11.3 Å². The lowest BCUT2D eigenvalue weighted by atomic mass is 9.99. The van der Waals surface area contributed by atoms with Gasteiger partial charge in [0.25, 0.3) is 0 Å². The quantitative estimate of drug-likeness (QED) is 0.855. The predicted molar refractivity (Wildman–Crippen MR) is 83.9 cm³/mol. The molecule has 1 aromatic carbocycles. The van der Waals surface area contributed by atoms with Gasteiger partial charge in [-0.15, -0.1) is 0 Å². The van der Waals surface area contributed by atoms with Crippen molar-refractivity contribution in [3.63, 3.8) is 0 Å². The fourth-order valence-electron chi connectivity index (χ4n) is 3.52. The van der Waals surface area contributed by atoms with Crippen molar-refractivity contribution in [2.45, 2.75) is 58.5 Å². The number of hydrogen-bond donors (Lipinski definition) is 1. The van der Waals surface area contributed by atoms with Crippen LogP contribution in [0, 0.1) is 5.92 Å². The Kier molecular flexibility index (Phi) is 4.11. The molecule has 0 aliphatic heterocycles. The average molecular weight is 271 g/mol. The van der Waals surface area contributed by atoms with Crippen molar-refractivity contribution in [3.05, 3.63) is 35.6 Å². The van der Waals surface area contributed by atoms with Crippen LogP contribution in [0.1, 0.15) is 50.9 Å². The van der Waals surface area contributed by atoms with Gasteiger partial charge in [-0.05, 0) is 31.7 Å². The molecule has 20 heavy (non-hydrogen) atoms. The van der Waals surface area contributed by atoms with Gasteiger partial charge in [-0.2, -0.15) is 0 Å². The molecule has 2 heteroatoms. The molecular weight excluding hydrogens is 246 g/mol. The Morgan fingerprint density at radius 3 is 2.75 bits per heavy atom. The molecule has 1 aromatic heterocycles. The molecule has 1 saturated carbocycles. The molecular formula is C18H25NO. The van der Waals surface area contributed by atoms with Crippen molar-refractivity contribution in [2.24, 2.45) is 5.92 Å². The molecule has 0 amide bonds. The molecule has 1 heterocycles. The van der Waals surface area contributed by atoms with E-state index in [-0.39, 0.29) is 0 Å². The van der Waals surface area contributed by atoms with E-state index in [1.165, 1.54) is 36.6 Å². The number of nitrogens with one attached hydrogen (secondary N) is 1. The zero-order valence-corrected chi connectivity index (χ0v) is 12.6. The highest BCUT2D eigenvalue weighted by Crippen LogP contribution is 2.29. The maximum absolute atomic E-state index is 5.97. The van der Waals surface area contributed by atoms with Crippen molar-refractivity contribution < 1.29 is 4.42 Å². The zero-order chi connectivity index (χ0) is 13.9.